The summed E-state index contributed by atoms with van der Waals surface area (Å²) < 4.78 is 10.2. The first-order valence-electron chi connectivity index (χ1n) is 6.77. The van der Waals surface area contributed by atoms with Gasteiger partial charge in [-0.3, -0.25) is 4.79 Å². The summed E-state index contributed by atoms with van der Waals surface area (Å²) in [7, 11) is 1.32. The standard InChI is InChI=1S/C15H20N2O4/c1-10-4-5-11(14(19)20-3)6-12(10)17-13(18)7-21-15(2)8-16-9-15/h4-6,16H,7-9H2,1-3H3,(H,17,18). The summed E-state index contributed by atoms with van der Waals surface area (Å²) in [6, 6.07) is 5.03. The quantitative estimate of drug-likeness (QED) is 0.795. The SMILES string of the molecule is COC(=O)c1ccc(C)c(NC(=O)COC2(C)CNC2)c1. The molecule has 1 aliphatic rings. The molecule has 1 amide bonds. The minimum atomic E-state index is -0.435. The van der Waals surface area contributed by atoms with Crippen LogP contribution in [0.15, 0.2) is 18.2 Å². The third-order valence-corrected chi connectivity index (χ3v) is 3.48. The van der Waals surface area contributed by atoms with E-state index in [1.54, 1.807) is 18.2 Å². The van der Waals surface area contributed by atoms with Gasteiger partial charge in [0.1, 0.15) is 6.61 Å². The van der Waals surface area contributed by atoms with Gasteiger partial charge in [-0.2, -0.15) is 0 Å². The van der Waals surface area contributed by atoms with Gasteiger partial charge in [0.05, 0.1) is 18.3 Å². The topological polar surface area (TPSA) is 76.7 Å². The zero-order valence-corrected chi connectivity index (χ0v) is 12.5. The van der Waals surface area contributed by atoms with Crippen LogP contribution in [-0.4, -0.2) is 44.3 Å². The molecule has 0 radical (unpaired) electrons. The molecule has 1 heterocycles. The van der Waals surface area contributed by atoms with Crippen molar-refractivity contribution in [1.29, 1.82) is 0 Å². The number of methoxy groups -OCH3 is 1. The molecule has 1 saturated heterocycles. The van der Waals surface area contributed by atoms with E-state index in [1.165, 1.54) is 7.11 Å². The number of benzene rings is 1. The minimum absolute atomic E-state index is 0.0138. The lowest BCUT2D eigenvalue weighted by atomic mass is 10.0. The number of hydrogen-bond donors (Lipinski definition) is 2. The Morgan fingerprint density at radius 3 is 2.67 bits per heavy atom. The summed E-state index contributed by atoms with van der Waals surface area (Å²) in [5, 5.41) is 5.86. The molecule has 1 aromatic carbocycles. The van der Waals surface area contributed by atoms with Crippen molar-refractivity contribution in [3.05, 3.63) is 29.3 Å². The molecule has 114 valence electrons. The Labute approximate surface area is 123 Å². The maximum Gasteiger partial charge on any atom is 0.337 e. The number of hydrogen-bond acceptors (Lipinski definition) is 5. The van der Waals surface area contributed by atoms with E-state index in [2.05, 4.69) is 15.4 Å². The van der Waals surface area contributed by atoms with Gasteiger partial charge in [0.25, 0.3) is 0 Å². The summed E-state index contributed by atoms with van der Waals surface area (Å²) >= 11 is 0. The Morgan fingerprint density at radius 2 is 2.10 bits per heavy atom. The Morgan fingerprint density at radius 1 is 1.38 bits per heavy atom. The lowest BCUT2D eigenvalue weighted by Gasteiger charge is -2.38. The number of nitrogens with one attached hydrogen (secondary N) is 2. The number of carbonyl (C=O) groups is 2. The first kappa shape index (κ1) is 15.5. The maximum atomic E-state index is 11.9. The summed E-state index contributed by atoms with van der Waals surface area (Å²) in [4.78, 5) is 23.4. The molecule has 0 saturated carbocycles. The minimum Gasteiger partial charge on any atom is -0.465 e. The van der Waals surface area contributed by atoms with E-state index < -0.39 is 5.97 Å². The van der Waals surface area contributed by atoms with Crippen LogP contribution in [0, 0.1) is 6.92 Å². The van der Waals surface area contributed by atoms with Crippen LogP contribution in [0.1, 0.15) is 22.8 Å². The fraction of sp³-hybridized carbons (Fsp3) is 0.467. The van der Waals surface area contributed by atoms with E-state index >= 15 is 0 Å². The molecular weight excluding hydrogens is 272 g/mol. The maximum absolute atomic E-state index is 11.9. The number of aryl methyl sites for hydroxylation is 1. The highest BCUT2D eigenvalue weighted by molar-refractivity contribution is 5.95. The van der Waals surface area contributed by atoms with Crippen LogP contribution < -0.4 is 10.6 Å². The monoisotopic (exact) mass is 292 g/mol. The van der Waals surface area contributed by atoms with Crippen molar-refractivity contribution in [2.45, 2.75) is 19.4 Å². The summed E-state index contributed by atoms with van der Waals surface area (Å²) in [6.07, 6.45) is 0. The largest absolute Gasteiger partial charge is 0.465 e. The Bertz CT molecular complexity index is 553. The molecule has 6 heteroatoms. The van der Waals surface area contributed by atoms with Crippen molar-refractivity contribution in [2.24, 2.45) is 0 Å². The van der Waals surface area contributed by atoms with Crippen LogP contribution in [0.5, 0.6) is 0 Å². The molecule has 1 fully saturated rings. The van der Waals surface area contributed by atoms with Gasteiger partial charge in [-0.25, -0.2) is 4.79 Å². The van der Waals surface area contributed by atoms with Crippen molar-refractivity contribution < 1.29 is 19.1 Å². The number of rotatable bonds is 5. The van der Waals surface area contributed by atoms with E-state index in [-0.39, 0.29) is 18.1 Å². The van der Waals surface area contributed by atoms with Gasteiger partial charge >= 0.3 is 5.97 Å². The van der Waals surface area contributed by atoms with Crippen LogP contribution in [0.25, 0.3) is 0 Å². The predicted octanol–water partition coefficient (Wildman–Crippen LogP) is 1.10. The second-order valence-corrected chi connectivity index (χ2v) is 5.41. The van der Waals surface area contributed by atoms with E-state index in [0.717, 1.165) is 18.7 Å². The Balaban J connectivity index is 1.97. The van der Waals surface area contributed by atoms with E-state index in [0.29, 0.717) is 11.3 Å². The van der Waals surface area contributed by atoms with E-state index in [4.69, 9.17) is 4.74 Å². The zero-order chi connectivity index (χ0) is 15.5. The highest BCUT2D eigenvalue weighted by atomic mass is 16.5. The molecule has 1 aliphatic heterocycles. The van der Waals surface area contributed by atoms with Crippen molar-refractivity contribution in [2.75, 3.05) is 32.1 Å². The van der Waals surface area contributed by atoms with Crippen LogP contribution in [0.3, 0.4) is 0 Å². The molecule has 0 aliphatic carbocycles. The summed E-state index contributed by atoms with van der Waals surface area (Å²) in [5.74, 6) is -0.678. The molecule has 0 bridgehead atoms. The molecule has 1 aromatic rings. The number of carbonyl (C=O) groups excluding carboxylic acids is 2. The van der Waals surface area contributed by atoms with Gasteiger partial charge in [0, 0.05) is 18.8 Å². The highest BCUT2D eigenvalue weighted by Crippen LogP contribution is 2.18. The van der Waals surface area contributed by atoms with E-state index in [9.17, 15) is 9.59 Å². The first-order chi connectivity index (χ1) is 9.93. The van der Waals surface area contributed by atoms with Gasteiger partial charge < -0.3 is 20.1 Å². The van der Waals surface area contributed by atoms with Gasteiger partial charge in [0.15, 0.2) is 0 Å². The average Bonchev–Trinajstić information content (AvgIpc) is 2.44. The van der Waals surface area contributed by atoms with Crippen LogP contribution >= 0.6 is 0 Å². The Hall–Kier alpha value is -1.92. The van der Waals surface area contributed by atoms with Crippen molar-refractivity contribution in [1.82, 2.24) is 5.32 Å². The number of esters is 1. The molecule has 2 N–H and O–H groups in total. The van der Waals surface area contributed by atoms with Gasteiger partial charge in [-0.15, -0.1) is 0 Å². The molecule has 2 rings (SSSR count). The molecule has 0 atom stereocenters. The number of anilines is 1. The van der Waals surface area contributed by atoms with Gasteiger partial charge in [-0.1, -0.05) is 6.07 Å². The second kappa shape index (κ2) is 6.24. The molecule has 0 unspecified atom stereocenters. The van der Waals surface area contributed by atoms with Crippen LogP contribution in [-0.2, 0) is 14.3 Å². The van der Waals surface area contributed by atoms with Crippen LogP contribution in [0.2, 0.25) is 0 Å². The highest BCUT2D eigenvalue weighted by Gasteiger charge is 2.33. The number of amides is 1. The predicted molar refractivity (Wildman–Crippen MR) is 78.4 cm³/mol. The van der Waals surface area contributed by atoms with Crippen molar-refractivity contribution in [3.8, 4) is 0 Å². The molecule has 6 nitrogen and oxygen atoms in total. The fourth-order valence-corrected chi connectivity index (χ4v) is 2.01. The normalized spacial score (nSPS) is 16.0. The molecule has 0 spiro atoms. The number of ether oxygens (including phenoxy) is 2. The smallest absolute Gasteiger partial charge is 0.337 e. The molecule has 0 aromatic heterocycles. The lowest BCUT2D eigenvalue weighted by Crippen LogP contribution is -2.59. The van der Waals surface area contributed by atoms with Crippen molar-refractivity contribution in [3.63, 3.8) is 0 Å². The summed E-state index contributed by atoms with van der Waals surface area (Å²) in [6.45, 7) is 5.29. The molecule has 21 heavy (non-hydrogen) atoms. The summed E-state index contributed by atoms with van der Waals surface area (Å²) in [5.41, 5.74) is 1.59. The van der Waals surface area contributed by atoms with Gasteiger partial charge in [-0.05, 0) is 31.5 Å². The molecular formula is C15H20N2O4. The van der Waals surface area contributed by atoms with E-state index in [1.807, 2.05) is 13.8 Å². The van der Waals surface area contributed by atoms with Crippen LogP contribution in [0.4, 0.5) is 5.69 Å². The third kappa shape index (κ3) is 3.80. The third-order valence-electron chi connectivity index (χ3n) is 3.48. The zero-order valence-electron chi connectivity index (χ0n) is 12.5. The average molecular weight is 292 g/mol. The van der Waals surface area contributed by atoms with Gasteiger partial charge in [0.2, 0.25) is 5.91 Å². The Kier molecular flexibility index (Phi) is 4.59. The first-order valence-corrected chi connectivity index (χ1v) is 6.77. The second-order valence-electron chi connectivity index (χ2n) is 5.41. The lowest BCUT2D eigenvalue weighted by molar-refractivity contribution is -0.130. The van der Waals surface area contributed by atoms with Crippen molar-refractivity contribution >= 4 is 17.6 Å². The fourth-order valence-electron chi connectivity index (χ4n) is 2.01.